The van der Waals surface area contributed by atoms with E-state index in [9.17, 15) is 9.59 Å². The highest BCUT2D eigenvalue weighted by molar-refractivity contribution is 6.23. The fourth-order valence-corrected chi connectivity index (χ4v) is 3.88. The van der Waals surface area contributed by atoms with Gasteiger partial charge in [0.25, 0.3) is 0 Å². The Morgan fingerprint density at radius 3 is 2.79 bits per heavy atom. The van der Waals surface area contributed by atoms with Gasteiger partial charge in [-0.25, -0.2) is 4.90 Å². The van der Waals surface area contributed by atoms with Gasteiger partial charge >= 0.3 is 0 Å². The van der Waals surface area contributed by atoms with Crippen molar-refractivity contribution in [1.29, 1.82) is 0 Å². The lowest BCUT2D eigenvalue weighted by Gasteiger charge is -2.28. The van der Waals surface area contributed by atoms with Gasteiger partial charge in [-0.05, 0) is 19.1 Å². The normalized spacial score (nSPS) is 33.9. The first-order valence-electron chi connectivity index (χ1n) is 8.17. The molecule has 2 bridgehead atoms. The van der Waals surface area contributed by atoms with Crippen LogP contribution in [0.15, 0.2) is 54.6 Å². The van der Waals surface area contributed by atoms with Crippen molar-refractivity contribution in [3.63, 3.8) is 0 Å². The van der Waals surface area contributed by atoms with Gasteiger partial charge < -0.3 is 9.47 Å². The first-order chi connectivity index (χ1) is 11.7. The molecule has 0 N–H and O–H groups in total. The van der Waals surface area contributed by atoms with Gasteiger partial charge in [0.1, 0.15) is 5.60 Å². The highest BCUT2D eigenvalue weighted by atomic mass is 16.6. The second kappa shape index (κ2) is 5.69. The molecule has 4 rings (SSSR count). The van der Waals surface area contributed by atoms with Crippen LogP contribution in [0.4, 0.5) is 5.69 Å². The van der Waals surface area contributed by atoms with Crippen molar-refractivity contribution in [3.8, 4) is 0 Å². The summed E-state index contributed by atoms with van der Waals surface area (Å²) in [4.78, 5) is 27.2. The number of para-hydroxylation sites is 1. The topological polar surface area (TPSA) is 55.8 Å². The number of imide groups is 1. The lowest BCUT2D eigenvalue weighted by atomic mass is 9.77. The summed E-state index contributed by atoms with van der Waals surface area (Å²) in [7, 11) is 0. The van der Waals surface area contributed by atoms with Crippen molar-refractivity contribution in [3.05, 3.63) is 54.6 Å². The Morgan fingerprint density at radius 2 is 2.04 bits per heavy atom. The highest BCUT2D eigenvalue weighted by Gasteiger charge is 2.67. The van der Waals surface area contributed by atoms with Gasteiger partial charge in [0.15, 0.2) is 0 Å². The fourth-order valence-electron chi connectivity index (χ4n) is 3.88. The summed E-state index contributed by atoms with van der Waals surface area (Å²) in [5.41, 5.74) is -0.209. The second-order valence-electron chi connectivity index (χ2n) is 6.33. The van der Waals surface area contributed by atoms with Crippen LogP contribution >= 0.6 is 0 Å². The molecule has 124 valence electrons. The third kappa shape index (κ3) is 2.08. The molecule has 5 nitrogen and oxygen atoms in total. The number of fused-ring (bicyclic) bond motifs is 5. The summed E-state index contributed by atoms with van der Waals surface area (Å²) in [6.07, 6.45) is 7.25. The molecule has 0 unspecified atom stereocenters. The number of hydrogen-bond acceptors (Lipinski definition) is 4. The van der Waals surface area contributed by atoms with Crippen molar-refractivity contribution < 1.29 is 19.1 Å². The van der Waals surface area contributed by atoms with E-state index < -0.39 is 17.4 Å². The molecular weight excluding hydrogens is 306 g/mol. The van der Waals surface area contributed by atoms with E-state index in [1.54, 1.807) is 12.1 Å². The summed E-state index contributed by atoms with van der Waals surface area (Å²) in [5.74, 6) is -1.34. The van der Waals surface area contributed by atoms with E-state index in [1.807, 2.05) is 49.4 Å². The summed E-state index contributed by atoms with van der Waals surface area (Å²) >= 11 is 0. The van der Waals surface area contributed by atoms with Crippen LogP contribution in [0.2, 0.25) is 0 Å². The Labute approximate surface area is 140 Å². The number of nitrogens with zero attached hydrogens (tertiary/aromatic N) is 1. The second-order valence-corrected chi connectivity index (χ2v) is 6.33. The molecule has 0 saturated carbocycles. The van der Waals surface area contributed by atoms with Crippen molar-refractivity contribution >= 4 is 17.5 Å². The maximum absolute atomic E-state index is 13.0. The number of carbonyl (C=O) groups excluding carboxylic acids is 2. The number of allylic oxidation sites excluding steroid dienone is 1. The van der Waals surface area contributed by atoms with Crippen LogP contribution in [0.1, 0.15) is 6.92 Å². The van der Waals surface area contributed by atoms with E-state index in [2.05, 4.69) is 0 Å². The Kier molecular flexibility index (Phi) is 3.62. The summed E-state index contributed by atoms with van der Waals surface area (Å²) < 4.78 is 11.7. The first-order valence-corrected chi connectivity index (χ1v) is 8.17. The van der Waals surface area contributed by atoms with Crippen molar-refractivity contribution in [1.82, 2.24) is 0 Å². The Morgan fingerprint density at radius 1 is 1.25 bits per heavy atom. The average Bonchev–Trinajstić information content (AvgIpc) is 3.23. The van der Waals surface area contributed by atoms with Gasteiger partial charge in [0.05, 0.1) is 36.8 Å². The molecule has 5 heteroatoms. The maximum atomic E-state index is 13.0. The number of ether oxygens (including phenoxy) is 2. The Hall–Kier alpha value is -2.24. The van der Waals surface area contributed by atoms with Crippen molar-refractivity contribution in [2.24, 2.45) is 11.8 Å². The molecule has 0 aliphatic carbocycles. The Balaban J connectivity index is 1.62. The molecule has 3 aliphatic rings. The molecule has 4 atom stereocenters. The van der Waals surface area contributed by atoms with Gasteiger partial charge in [0.2, 0.25) is 11.8 Å². The molecule has 2 saturated heterocycles. The van der Waals surface area contributed by atoms with Crippen molar-refractivity contribution in [2.45, 2.75) is 18.6 Å². The van der Waals surface area contributed by atoms with E-state index in [-0.39, 0.29) is 24.5 Å². The summed E-state index contributed by atoms with van der Waals surface area (Å²) in [6, 6.07) is 9.07. The molecule has 0 spiro atoms. The number of carbonyl (C=O) groups is 2. The minimum atomic E-state index is -0.826. The van der Waals surface area contributed by atoms with Crippen LogP contribution in [0.3, 0.4) is 0 Å². The van der Waals surface area contributed by atoms with Crippen LogP contribution in [0.25, 0.3) is 0 Å². The monoisotopic (exact) mass is 325 g/mol. The van der Waals surface area contributed by atoms with Crippen LogP contribution in [0, 0.1) is 11.8 Å². The number of hydrogen-bond donors (Lipinski definition) is 0. The van der Waals surface area contributed by atoms with E-state index in [0.717, 1.165) is 0 Å². The van der Waals surface area contributed by atoms with Crippen LogP contribution in [0.5, 0.6) is 0 Å². The molecule has 2 fully saturated rings. The molecule has 1 aromatic rings. The third-order valence-electron chi connectivity index (χ3n) is 4.95. The van der Waals surface area contributed by atoms with Gasteiger partial charge in [-0.15, -0.1) is 0 Å². The Bertz CT molecular complexity index is 726. The molecule has 0 radical (unpaired) electrons. The first kappa shape index (κ1) is 15.3. The number of rotatable bonds is 5. The fraction of sp³-hybridized carbons (Fsp3) is 0.368. The molecule has 1 aromatic carbocycles. The maximum Gasteiger partial charge on any atom is 0.241 e. The zero-order valence-electron chi connectivity index (χ0n) is 13.4. The van der Waals surface area contributed by atoms with E-state index in [1.165, 1.54) is 4.90 Å². The predicted molar refractivity (Wildman–Crippen MR) is 88.3 cm³/mol. The SMILES string of the molecule is C/C=C/COC[C@@]12C=C[C@@H](O1)[C@@H]1C(=O)N(c3ccccc3)C(=O)[C@@H]12. The standard InChI is InChI=1S/C19H19NO4/c1-2-3-11-23-12-19-10-9-14(24-19)15-16(19)18(22)20(17(15)21)13-7-5-4-6-8-13/h2-10,14-16H,11-12H2,1H3/b3-2+/t14-,15+,16-,19-/m1/s1. The summed E-state index contributed by atoms with van der Waals surface area (Å²) in [6.45, 7) is 2.65. The minimum Gasteiger partial charge on any atom is -0.374 e. The molecular formula is C19H19NO4. The third-order valence-corrected chi connectivity index (χ3v) is 4.95. The van der Waals surface area contributed by atoms with E-state index in [0.29, 0.717) is 12.3 Å². The lowest BCUT2D eigenvalue weighted by Crippen LogP contribution is -2.44. The van der Waals surface area contributed by atoms with Gasteiger partial charge in [0, 0.05) is 0 Å². The van der Waals surface area contributed by atoms with E-state index >= 15 is 0 Å². The van der Waals surface area contributed by atoms with E-state index in [4.69, 9.17) is 9.47 Å². The summed E-state index contributed by atoms with van der Waals surface area (Å²) in [5, 5.41) is 0. The van der Waals surface area contributed by atoms with Crippen LogP contribution in [-0.2, 0) is 19.1 Å². The highest BCUT2D eigenvalue weighted by Crippen LogP contribution is 2.52. The van der Waals surface area contributed by atoms with Gasteiger partial charge in [-0.2, -0.15) is 0 Å². The van der Waals surface area contributed by atoms with Crippen LogP contribution in [-0.4, -0.2) is 36.7 Å². The molecule has 3 aliphatic heterocycles. The van der Waals surface area contributed by atoms with Gasteiger partial charge in [-0.3, -0.25) is 9.59 Å². The quantitative estimate of drug-likeness (QED) is 0.473. The predicted octanol–water partition coefficient (Wildman–Crippen LogP) is 2.09. The molecule has 3 heterocycles. The number of benzene rings is 1. The number of anilines is 1. The van der Waals surface area contributed by atoms with Crippen LogP contribution < -0.4 is 4.90 Å². The van der Waals surface area contributed by atoms with Crippen molar-refractivity contribution in [2.75, 3.05) is 18.1 Å². The van der Waals surface area contributed by atoms with Gasteiger partial charge in [-0.1, -0.05) is 42.5 Å². The number of amides is 2. The molecule has 24 heavy (non-hydrogen) atoms. The zero-order chi connectivity index (χ0) is 16.7. The zero-order valence-corrected chi connectivity index (χ0v) is 13.4. The minimum absolute atomic E-state index is 0.180. The lowest BCUT2D eigenvalue weighted by molar-refractivity contribution is -0.128. The smallest absolute Gasteiger partial charge is 0.241 e. The molecule has 0 aromatic heterocycles. The molecule has 2 amide bonds. The largest absolute Gasteiger partial charge is 0.374 e. The average molecular weight is 325 g/mol.